The second kappa shape index (κ2) is 8.35. The molecule has 2 N–H and O–H groups in total. The van der Waals surface area contributed by atoms with E-state index in [-0.39, 0.29) is 17.9 Å². The average Bonchev–Trinajstić information content (AvgIpc) is 3.28. The van der Waals surface area contributed by atoms with Crippen LogP contribution in [0.1, 0.15) is 16.2 Å². The third-order valence-corrected chi connectivity index (χ3v) is 4.13. The lowest BCUT2D eigenvalue weighted by Gasteiger charge is -2.11. The summed E-state index contributed by atoms with van der Waals surface area (Å²) in [7, 11) is 0. The lowest BCUT2D eigenvalue weighted by Crippen LogP contribution is -2.24. The van der Waals surface area contributed by atoms with E-state index in [1.54, 1.807) is 30.3 Å². The molecule has 4 rings (SSSR count). The highest BCUT2D eigenvalue weighted by atomic mass is 19.1. The number of furan rings is 1. The Morgan fingerprint density at radius 3 is 2.52 bits per heavy atom. The normalized spacial score (nSPS) is 10.5. The van der Waals surface area contributed by atoms with Gasteiger partial charge in [-0.1, -0.05) is 42.5 Å². The van der Waals surface area contributed by atoms with Crippen LogP contribution in [-0.2, 0) is 6.54 Å². The van der Waals surface area contributed by atoms with Crippen molar-refractivity contribution >= 4 is 17.4 Å². The molecule has 0 fully saturated rings. The van der Waals surface area contributed by atoms with Crippen molar-refractivity contribution in [2.24, 2.45) is 0 Å². The van der Waals surface area contributed by atoms with Gasteiger partial charge in [-0.05, 0) is 24.3 Å². The van der Waals surface area contributed by atoms with Gasteiger partial charge in [0.1, 0.15) is 23.1 Å². The molecule has 0 bridgehead atoms. The Kier molecular flexibility index (Phi) is 5.29. The number of anilines is 2. The summed E-state index contributed by atoms with van der Waals surface area (Å²) in [4.78, 5) is 21.5. The first kappa shape index (κ1) is 18.4. The van der Waals surface area contributed by atoms with Crippen LogP contribution >= 0.6 is 0 Å². The van der Waals surface area contributed by atoms with E-state index < -0.39 is 11.7 Å². The van der Waals surface area contributed by atoms with Gasteiger partial charge < -0.3 is 15.1 Å². The number of benzene rings is 2. The topological polar surface area (TPSA) is 80.0 Å². The standard InChI is InChI=1S/C22H17FN4O2/c23-17-10-4-5-11-18(17)25-20-13-19(22(28)24-14-16-9-6-12-29-16)26-21(27-20)15-7-2-1-3-8-15/h1-13H,14H2,(H,24,28)(H,25,26,27). The molecule has 1 amide bonds. The van der Waals surface area contributed by atoms with E-state index in [1.165, 1.54) is 18.4 Å². The zero-order valence-electron chi connectivity index (χ0n) is 15.3. The van der Waals surface area contributed by atoms with Crippen LogP contribution in [0, 0.1) is 5.82 Å². The van der Waals surface area contributed by atoms with Crippen molar-refractivity contribution in [1.29, 1.82) is 0 Å². The Labute approximate surface area is 166 Å². The summed E-state index contributed by atoms with van der Waals surface area (Å²) in [6, 6.07) is 20.5. The van der Waals surface area contributed by atoms with Crippen molar-refractivity contribution in [2.75, 3.05) is 5.32 Å². The first-order chi connectivity index (χ1) is 14.2. The first-order valence-corrected chi connectivity index (χ1v) is 8.96. The second-order valence-corrected chi connectivity index (χ2v) is 6.19. The lowest BCUT2D eigenvalue weighted by atomic mass is 10.2. The molecule has 0 spiro atoms. The van der Waals surface area contributed by atoms with Crippen LogP contribution in [0.15, 0.2) is 83.5 Å². The number of hydrogen-bond donors (Lipinski definition) is 2. The molecule has 0 aliphatic heterocycles. The summed E-state index contributed by atoms with van der Waals surface area (Å²) in [6.45, 7) is 0.229. The number of carbonyl (C=O) groups excluding carboxylic acids is 1. The SMILES string of the molecule is O=C(NCc1ccco1)c1cc(Nc2ccccc2F)nc(-c2ccccc2)n1. The number of nitrogens with zero attached hydrogens (tertiary/aromatic N) is 2. The Morgan fingerprint density at radius 2 is 1.76 bits per heavy atom. The Morgan fingerprint density at radius 1 is 0.966 bits per heavy atom. The van der Waals surface area contributed by atoms with Gasteiger partial charge in [-0.2, -0.15) is 0 Å². The van der Waals surface area contributed by atoms with Crippen molar-refractivity contribution in [2.45, 2.75) is 6.54 Å². The summed E-state index contributed by atoms with van der Waals surface area (Å²) >= 11 is 0. The van der Waals surface area contributed by atoms with Crippen molar-refractivity contribution in [3.8, 4) is 11.4 Å². The lowest BCUT2D eigenvalue weighted by molar-refractivity contribution is 0.0943. The molecule has 2 aromatic carbocycles. The van der Waals surface area contributed by atoms with Crippen molar-refractivity contribution in [3.05, 3.63) is 96.3 Å². The zero-order valence-corrected chi connectivity index (χ0v) is 15.3. The van der Waals surface area contributed by atoms with E-state index in [9.17, 15) is 9.18 Å². The highest BCUT2D eigenvalue weighted by Crippen LogP contribution is 2.22. The van der Waals surface area contributed by atoms with Crippen LogP contribution < -0.4 is 10.6 Å². The Balaban J connectivity index is 1.66. The summed E-state index contributed by atoms with van der Waals surface area (Å²) < 4.78 is 19.3. The predicted octanol–water partition coefficient (Wildman–Crippen LogP) is 4.55. The predicted molar refractivity (Wildman–Crippen MR) is 107 cm³/mol. The fraction of sp³-hybridized carbons (Fsp3) is 0.0455. The summed E-state index contributed by atoms with van der Waals surface area (Å²) in [5.74, 6) is 0.483. The third kappa shape index (κ3) is 4.47. The molecule has 0 saturated carbocycles. The molecule has 0 saturated heterocycles. The van der Waals surface area contributed by atoms with Gasteiger partial charge in [0.25, 0.3) is 5.91 Å². The molecule has 6 nitrogen and oxygen atoms in total. The van der Waals surface area contributed by atoms with Gasteiger partial charge in [0.05, 0.1) is 18.5 Å². The van der Waals surface area contributed by atoms with Crippen LogP contribution in [0.25, 0.3) is 11.4 Å². The Bertz CT molecular complexity index is 1110. The molecular weight excluding hydrogens is 371 g/mol. The summed E-state index contributed by atoms with van der Waals surface area (Å²) in [5, 5.41) is 5.68. The van der Waals surface area contributed by atoms with Gasteiger partial charge in [0.15, 0.2) is 5.82 Å². The Hall–Kier alpha value is -4.00. The maximum absolute atomic E-state index is 14.0. The quantitative estimate of drug-likeness (QED) is 0.507. The molecule has 0 atom stereocenters. The minimum absolute atomic E-state index is 0.157. The third-order valence-electron chi connectivity index (χ3n) is 4.13. The maximum atomic E-state index is 14.0. The zero-order chi connectivity index (χ0) is 20.1. The minimum atomic E-state index is -0.420. The maximum Gasteiger partial charge on any atom is 0.270 e. The number of amides is 1. The van der Waals surface area contributed by atoms with E-state index in [4.69, 9.17) is 4.42 Å². The highest BCUT2D eigenvalue weighted by Gasteiger charge is 2.14. The molecular formula is C22H17FN4O2. The first-order valence-electron chi connectivity index (χ1n) is 8.96. The number of halogens is 1. The van der Waals surface area contributed by atoms with E-state index in [0.717, 1.165) is 5.56 Å². The molecule has 2 aromatic heterocycles. The number of rotatable bonds is 6. The smallest absolute Gasteiger partial charge is 0.270 e. The molecule has 144 valence electrons. The van der Waals surface area contributed by atoms with Gasteiger partial charge in [-0.15, -0.1) is 0 Å². The van der Waals surface area contributed by atoms with Crippen molar-refractivity contribution in [3.63, 3.8) is 0 Å². The van der Waals surface area contributed by atoms with Gasteiger partial charge in [0.2, 0.25) is 0 Å². The number of hydrogen-bond acceptors (Lipinski definition) is 5. The van der Waals surface area contributed by atoms with Gasteiger partial charge in [-0.25, -0.2) is 14.4 Å². The minimum Gasteiger partial charge on any atom is -0.467 e. The molecule has 29 heavy (non-hydrogen) atoms. The van der Waals surface area contributed by atoms with Crippen LogP contribution in [0.4, 0.5) is 15.9 Å². The molecule has 2 heterocycles. The van der Waals surface area contributed by atoms with E-state index in [2.05, 4.69) is 20.6 Å². The van der Waals surface area contributed by atoms with Crippen LogP contribution in [0.5, 0.6) is 0 Å². The van der Waals surface area contributed by atoms with Crippen LogP contribution in [-0.4, -0.2) is 15.9 Å². The highest BCUT2D eigenvalue weighted by molar-refractivity contribution is 5.93. The largest absolute Gasteiger partial charge is 0.467 e. The van der Waals surface area contributed by atoms with E-state index in [0.29, 0.717) is 17.4 Å². The molecule has 4 aromatic rings. The number of aromatic nitrogens is 2. The van der Waals surface area contributed by atoms with Crippen molar-refractivity contribution in [1.82, 2.24) is 15.3 Å². The van der Waals surface area contributed by atoms with Gasteiger partial charge in [0, 0.05) is 11.6 Å². The fourth-order valence-corrected chi connectivity index (χ4v) is 2.72. The molecule has 7 heteroatoms. The summed E-state index contributed by atoms with van der Waals surface area (Å²) in [5.41, 5.74) is 1.15. The number of carbonyl (C=O) groups is 1. The van der Waals surface area contributed by atoms with Crippen LogP contribution in [0.3, 0.4) is 0 Å². The van der Waals surface area contributed by atoms with Crippen LogP contribution in [0.2, 0.25) is 0 Å². The van der Waals surface area contributed by atoms with E-state index in [1.807, 2.05) is 30.3 Å². The molecule has 0 radical (unpaired) electrons. The van der Waals surface area contributed by atoms with Gasteiger partial charge in [-0.3, -0.25) is 4.79 Å². The average molecular weight is 388 g/mol. The van der Waals surface area contributed by atoms with Crippen molar-refractivity contribution < 1.29 is 13.6 Å². The number of nitrogens with one attached hydrogen (secondary N) is 2. The molecule has 0 aliphatic carbocycles. The summed E-state index contributed by atoms with van der Waals surface area (Å²) in [6.07, 6.45) is 1.54. The molecule has 0 aliphatic rings. The fourth-order valence-electron chi connectivity index (χ4n) is 2.72. The molecule has 0 unspecified atom stereocenters. The number of para-hydroxylation sites is 1. The second-order valence-electron chi connectivity index (χ2n) is 6.19. The van der Waals surface area contributed by atoms with Gasteiger partial charge >= 0.3 is 0 Å². The monoisotopic (exact) mass is 388 g/mol. The van der Waals surface area contributed by atoms with E-state index >= 15 is 0 Å².